The number of carbonyl (C=O) groups is 2. The molecule has 1 N–H and O–H groups in total. The molecule has 5 heteroatoms. The van der Waals surface area contributed by atoms with Crippen molar-refractivity contribution in [1.29, 1.82) is 0 Å². The van der Waals surface area contributed by atoms with E-state index in [-0.39, 0.29) is 0 Å². The number of anilines is 1. The molecular formula is C24H23NO4. The highest BCUT2D eigenvalue weighted by Gasteiger charge is 2.23. The number of hydrogen-bond donors (Lipinski definition) is 1. The van der Waals surface area contributed by atoms with Crippen LogP contribution in [0.4, 0.5) is 5.69 Å². The highest BCUT2D eigenvalue weighted by Crippen LogP contribution is 2.33. The molecule has 3 aromatic carbocycles. The van der Waals surface area contributed by atoms with E-state index in [0.29, 0.717) is 17.0 Å². The minimum Gasteiger partial charge on any atom is -0.495 e. The number of nitrogens with one attached hydrogen (secondary N) is 1. The van der Waals surface area contributed by atoms with Gasteiger partial charge in [0.15, 0.2) is 6.10 Å². The van der Waals surface area contributed by atoms with E-state index in [1.165, 1.54) is 11.1 Å². The summed E-state index contributed by atoms with van der Waals surface area (Å²) in [6, 6.07) is 15.3. The molecule has 148 valence electrons. The molecular weight excluding hydrogens is 366 g/mol. The maximum atomic E-state index is 12.8. The van der Waals surface area contributed by atoms with E-state index in [1.54, 1.807) is 26.2 Å². The Kier molecular flexibility index (Phi) is 4.97. The second kappa shape index (κ2) is 7.59. The summed E-state index contributed by atoms with van der Waals surface area (Å²) in [5, 5.41) is 4.81. The number of amides is 1. The van der Waals surface area contributed by atoms with E-state index in [2.05, 4.69) is 11.4 Å². The predicted octanol–water partition coefficient (Wildman–Crippen LogP) is 4.44. The molecule has 0 aliphatic heterocycles. The van der Waals surface area contributed by atoms with E-state index in [1.807, 2.05) is 37.3 Å². The molecule has 1 aliphatic carbocycles. The molecule has 1 unspecified atom stereocenters. The monoisotopic (exact) mass is 389 g/mol. The Morgan fingerprint density at radius 2 is 1.79 bits per heavy atom. The normalized spacial score (nSPS) is 13.2. The second-order valence-electron chi connectivity index (χ2n) is 7.35. The molecule has 1 amide bonds. The molecule has 0 aromatic heterocycles. The number of rotatable bonds is 5. The van der Waals surface area contributed by atoms with Gasteiger partial charge in [0, 0.05) is 0 Å². The number of benzene rings is 3. The fourth-order valence-corrected chi connectivity index (χ4v) is 3.86. The summed E-state index contributed by atoms with van der Waals surface area (Å²) in [5.74, 6) is -0.359. The van der Waals surface area contributed by atoms with Gasteiger partial charge in [-0.2, -0.15) is 0 Å². The molecule has 0 saturated heterocycles. The van der Waals surface area contributed by atoms with Gasteiger partial charge in [0.25, 0.3) is 5.91 Å². The number of carbonyl (C=O) groups excluding carboxylic acids is 2. The minimum absolute atomic E-state index is 0.409. The van der Waals surface area contributed by atoms with Crippen molar-refractivity contribution in [1.82, 2.24) is 0 Å². The number of hydrogen-bond acceptors (Lipinski definition) is 4. The van der Waals surface area contributed by atoms with Crippen LogP contribution < -0.4 is 10.1 Å². The maximum Gasteiger partial charge on any atom is 0.339 e. The van der Waals surface area contributed by atoms with Crippen molar-refractivity contribution in [3.05, 3.63) is 70.8 Å². The number of ether oxygens (including phenoxy) is 2. The average Bonchev–Trinajstić information content (AvgIpc) is 3.13. The van der Waals surface area contributed by atoms with Gasteiger partial charge in [-0.1, -0.05) is 30.3 Å². The third kappa shape index (κ3) is 3.56. The first-order chi connectivity index (χ1) is 14.0. The van der Waals surface area contributed by atoms with Gasteiger partial charge < -0.3 is 14.8 Å². The summed E-state index contributed by atoms with van der Waals surface area (Å²) in [4.78, 5) is 25.4. The van der Waals surface area contributed by atoms with Gasteiger partial charge in [-0.15, -0.1) is 0 Å². The standard InChI is InChI=1S/C24H23NO4/c1-14-7-12-21(28-3)20(13-14)25-23(26)15(2)29-24(27)19-11-10-17-9-8-16-5-4-6-18(19)22(16)17/h4-7,10-13,15H,8-9H2,1-3H3,(H,25,26). The molecule has 3 aromatic rings. The van der Waals surface area contributed by atoms with Crippen LogP contribution in [-0.4, -0.2) is 25.1 Å². The van der Waals surface area contributed by atoms with Gasteiger partial charge in [0.05, 0.1) is 18.4 Å². The van der Waals surface area contributed by atoms with Crippen LogP contribution in [0, 0.1) is 6.92 Å². The lowest BCUT2D eigenvalue weighted by molar-refractivity contribution is -0.123. The summed E-state index contributed by atoms with van der Waals surface area (Å²) in [6.45, 7) is 3.49. The van der Waals surface area contributed by atoms with Crippen molar-refractivity contribution in [3.8, 4) is 5.75 Å². The van der Waals surface area contributed by atoms with Gasteiger partial charge in [-0.05, 0) is 72.4 Å². The number of methoxy groups -OCH3 is 1. The molecule has 5 nitrogen and oxygen atoms in total. The van der Waals surface area contributed by atoms with Crippen molar-refractivity contribution in [3.63, 3.8) is 0 Å². The Hall–Kier alpha value is -3.34. The molecule has 0 bridgehead atoms. The van der Waals surface area contributed by atoms with Gasteiger partial charge in [0.2, 0.25) is 0 Å². The zero-order chi connectivity index (χ0) is 20.5. The highest BCUT2D eigenvalue weighted by atomic mass is 16.5. The third-order valence-electron chi connectivity index (χ3n) is 5.36. The number of esters is 1. The first-order valence-electron chi connectivity index (χ1n) is 9.68. The van der Waals surface area contributed by atoms with Crippen LogP contribution in [0.2, 0.25) is 0 Å². The Morgan fingerprint density at radius 1 is 1.03 bits per heavy atom. The summed E-state index contributed by atoms with van der Waals surface area (Å²) in [5.41, 5.74) is 4.53. The Morgan fingerprint density at radius 3 is 2.55 bits per heavy atom. The summed E-state index contributed by atoms with van der Waals surface area (Å²) >= 11 is 0. The zero-order valence-corrected chi connectivity index (χ0v) is 16.7. The molecule has 0 saturated carbocycles. The van der Waals surface area contributed by atoms with Crippen molar-refractivity contribution in [2.75, 3.05) is 12.4 Å². The van der Waals surface area contributed by atoms with Gasteiger partial charge in [-0.3, -0.25) is 4.79 Å². The third-order valence-corrected chi connectivity index (χ3v) is 5.36. The molecule has 0 spiro atoms. The minimum atomic E-state index is -0.948. The Balaban J connectivity index is 1.53. The SMILES string of the molecule is COc1ccc(C)cc1NC(=O)C(C)OC(=O)c1ccc2c3c(cccc13)CC2. The lowest BCUT2D eigenvalue weighted by Gasteiger charge is -2.16. The van der Waals surface area contributed by atoms with Crippen molar-refractivity contribution in [2.45, 2.75) is 32.8 Å². The lowest BCUT2D eigenvalue weighted by Crippen LogP contribution is -2.30. The van der Waals surface area contributed by atoms with Crippen molar-refractivity contribution < 1.29 is 19.1 Å². The molecule has 0 radical (unpaired) electrons. The molecule has 0 heterocycles. The van der Waals surface area contributed by atoms with E-state index < -0.39 is 18.0 Å². The van der Waals surface area contributed by atoms with Crippen LogP contribution in [0.5, 0.6) is 5.75 Å². The van der Waals surface area contributed by atoms with Crippen LogP contribution in [-0.2, 0) is 22.4 Å². The van der Waals surface area contributed by atoms with Crippen LogP contribution in [0.25, 0.3) is 10.8 Å². The van der Waals surface area contributed by atoms with Crippen molar-refractivity contribution >= 4 is 28.3 Å². The zero-order valence-electron chi connectivity index (χ0n) is 16.7. The Bertz CT molecular complexity index is 1110. The molecule has 29 heavy (non-hydrogen) atoms. The smallest absolute Gasteiger partial charge is 0.339 e. The lowest BCUT2D eigenvalue weighted by atomic mass is 10.00. The quantitative estimate of drug-likeness (QED) is 0.655. The van der Waals surface area contributed by atoms with E-state index >= 15 is 0 Å². The fourth-order valence-electron chi connectivity index (χ4n) is 3.86. The van der Waals surface area contributed by atoms with Crippen LogP contribution in [0.15, 0.2) is 48.5 Å². The summed E-state index contributed by atoms with van der Waals surface area (Å²) in [7, 11) is 1.54. The topological polar surface area (TPSA) is 64.6 Å². The number of aryl methyl sites for hydroxylation is 3. The maximum absolute atomic E-state index is 12.8. The van der Waals surface area contributed by atoms with E-state index in [9.17, 15) is 9.59 Å². The van der Waals surface area contributed by atoms with Crippen molar-refractivity contribution in [2.24, 2.45) is 0 Å². The van der Waals surface area contributed by atoms with Gasteiger partial charge >= 0.3 is 5.97 Å². The summed E-state index contributed by atoms with van der Waals surface area (Å²) < 4.78 is 10.8. The second-order valence-corrected chi connectivity index (χ2v) is 7.35. The molecule has 1 atom stereocenters. The molecule has 4 rings (SSSR count). The first-order valence-corrected chi connectivity index (χ1v) is 9.68. The van der Waals surface area contributed by atoms with Gasteiger partial charge in [0.1, 0.15) is 5.75 Å². The van der Waals surface area contributed by atoms with E-state index in [4.69, 9.17) is 9.47 Å². The predicted molar refractivity (Wildman–Crippen MR) is 113 cm³/mol. The molecule has 0 fully saturated rings. The summed E-state index contributed by atoms with van der Waals surface area (Å²) in [6.07, 6.45) is 1.03. The van der Waals surface area contributed by atoms with Crippen LogP contribution in [0.1, 0.15) is 34.0 Å². The van der Waals surface area contributed by atoms with Crippen LogP contribution in [0.3, 0.4) is 0 Å². The van der Waals surface area contributed by atoms with Crippen LogP contribution >= 0.6 is 0 Å². The Labute approximate surface area is 169 Å². The first kappa shape index (κ1) is 19.0. The fraction of sp³-hybridized carbons (Fsp3) is 0.250. The van der Waals surface area contributed by atoms with E-state index in [0.717, 1.165) is 29.2 Å². The highest BCUT2D eigenvalue weighted by molar-refractivity contribution is 6.08. The van der Waals surface area contributed by atoms with Gasteiger partial charge in [-0.25, -0.2) is 4.79 Å². The largest absolute Gasteiger partial charge is 0.495 e. The average molecular weight is 389 g/mol. The molecule has 1 aliphatic rings.